The second kappa shape index (κ2) is 8.58. The summed E-state index contributed by atoms with van der Waals surface area (Å²) in [6.07, 6.45) is 1.80. The molecule has 3 rings (SSSR count). The van der Waals surface area contributed by atoms with Crippen molar-refractivity contribution < 1.29 is 22.9 Å². The highest BCUT2D eigenvalue weighted by atomic mass is 32.2. The molecule has 9 nitrogen and oxygen atoms in total. The molecule has 1 aliphatic rings. The van der Waals surface area contributed by atoms with Crippen LogP contribution in [0.15, 0.2) is 52.3 Å². The summed E-state index contributed by atoms with van der Waals surface area (Å²) in [5.74, 6) is -0.396. The van der Waals surface area contributed by atoms with E-state index in [1.807, 2.05) is 0 Å². The van der Waals surface area contributed by atoms with Crippen LogP contribution in [-0.4, -0.2) is 39.0 Å². The minimum atomic E-state index is -4.22. The Balaban J connectivity index is 1.91. The summed E-state index contributed by atoms with van der Waals surface area (Å²) < 4.78 is 31.2. The van der Waals surface area contributed by atoms with Gasteiger partial charge in [-0.15, -0.1) is 0 Å². The average molecular weight is 419 g/mol. The lowest BCUT2D eigenvalue weighted by Gasteiger charge is -2.22. The predicted octanol–water partition coefficient (Wildman–Crippen LogP) is 2.37. The van der Waals surface area contributed by atoms with Gasteiger partial charge in [-0.2, -0.15) is 0 Å². The summed E-state index contributed by atoms with van der Waals surface area (Å²) in [6, 6.07) is 9.03. The number of carbonyl (C=O) groups excluding carboxylic acids is 1. The van der Waals surface area contributed by atoms with E-state index in [1.54, 1.807) is 0 Å². The Morgan fingerprint density at radius 2 is 1.93 bits per heavy atom. The normalized spacial score (nSPS) is 15.0. The molecule has 154 valence electrons. The molecule has 10 heteroatoms. The van der Waals surface area contributed by atoms with E-state index in [9.17, 15) is 23.3 Å². The van der Waals surface area contributed by atoms with Gasteiger partial charge < -0.3 is 15.8 Å². The van der Waals surface area contributed by atoms with Crippen LogP contribution in [-0.2, 0) is 14.6 Å². The lowest BCUT2D eigenvalue weighted by atomic mass is 10.0. The van der Waals surface area contributed by atoms with Crippen molar-refractivity contribution in [3.05, 3.63) is 58.1 Å². The molecule has 29 heavy (non-hydrogen) atoms. The molecule has 0 bridgehead atoms. The summed E-state index contributed by atoms with van der Waals surface area (Å²) >= 11 is 0. The largest absolute Gasteiger partial charge is 0.385 e. The highest BCUT2D eigenvalue weighted by Crippen LogP contribution is 2.32. The van der Waals surface area contributed by atoms with Gasteiger partial charge in [-0.1, -0.05) is 6.07 Å². The van der Waals surface area contributed by atoms with Crippen molar-refractivity contribution in [1.29, 1.82) is 0 Å². The predicted molar refractivity (Wildman–Crippen MR) is 106 cm³/mol. The number of nitrogens with zero attached hydrogens (tertiary/aromatic N) is 1. The molecule has 2 aromatic carbocycles. The van der Waals surface area contributed by atoms with Crippen LogP contribution in [0.4, 0.5) is 11.4 Å². The maximum atomic E-state index is 13.0. The first-order valence-electron chi connectivity index (χ1n) is 9.04. The van der Waals surface area contributed by atoms with Crippen molar-refractivity contribution in [2.45, 2.75) is 22.6 Å². The summed E-state index contributed by atoms with van der Waals surface area (Å²) in [6.45, 7) is 2.00. The maximum absolute atomic E-state index is 13.0. The fourth-order valence-corrected chi connectivity index (χ4v) is 4.60. The Kier molecular flexibility index (Phi) is 6.14. The van der Waals surface area contributed by atoms with E-state index in [4.69, 9.17) is 10.5 Å². The monoisotopic (exact) mass is 419 g/mol. The molecule has 0 unspecified atom stereocenters. The first kappa shape index (κ1) is 20.7. The SMILES string of the molecule is NC(=O)c1cccc(S(=O)(=O)c2ccc(NCC3CCOCC3)cc2[N+](=O)[O-])c1. The molecule has 0 spiro atoms. The maximum Gasteiger partial charge on any atom is 0.290 e. The quantitative estimate of drug-likeness (QED) is 0.518. The standard InChI is InChI=1S/C19H21N3O6S/c20-19(23)14-2-1-3-16(10-14)29(26,27)18-5-4-15(11-17(18)22(24)25)21-12-13-6-8-28-9-7-13/h1-5,10-11,13,21H,6-9,12H2,(H2,20,23). The van der Waals surface area contributed by atoms with Gasteiger partial charge in [-0.25, -0.2) is 8.42 Å². The van der Waals surface area contributed by atoms with Crippen LogP contribution in [0.25, 0.3) is 0 Å². The second-order valence-corrected chi connectivity index (χ2v) is 8.69. The van der Waals surface area contributed by atoms with Gasteiger partial charge in [-0.3, -0.25) is 14.9 Å². The highest BCUT2D eigenvalue weighted by molar-refractivity contribution is 7.91. The number of rotatable bonds is 7. The van der Waals surface area contributed by atoms with Crippen molar-refractivity contribution in [1.82, 2.24) is 0 Å². The smallest absolute Gasteiger partial charge is 0.290 e. The van der Waals surface area contributed by atoms with Crippen LogP contribution in [0.1, 0.15) is 23.2 Å². The van der Waals surface area contributed by atoms with E-state index in [0.29, 0.717) is 31.4 Å². The third-order valence-electron chi connectivity index (χ3n) is 4.81. The number of anilines is 1. The molecule has 0 radical (unpaired) electrons. The lowest BCUT2D eigenvalue weighted by molar-refractivity contribution is -0.387. The minimum absolute atomic E-state index is 0.00322. The first-order chi connectivity index (χ1) is 13.8. The summed E-state index contributed by atoms with van der Waals surface area (Å²) in [5, 5.41) is 14.7. The van der Waals surface area contributed by atoms with Crippen molar-refractivity contribution in [2.75, 3.05) is 25.1 Å². The summed E-state index contributed by atoms with van der Waals surface area (Å²) in [4.78, 5) is 21.5. The molecule has 0 aromatic heterocycles. The van der Waals surface area contributed by atoms with Crippen LogP contribution < -0.4 is 11.1 Å². The number of benzene rings is 2. The topological polar surface area (TPSA) is 142 Å². The molecule has 0 atom stereocenters. The van der Waals surface area contributed by atoms with E-state index >= 15 is 0 Å². The number of sulfone groups is 1. The zero-order valence-electron chi connectivity index (χ0n) is 15.5. The number of carbonyl (C=O) groups is 1. The number of hydrogen-bond donors (Lipinski definition) is 2. The van der Waals surface area contributed by atoms with Gasteiger partial charge in [0.15, 0.2) is 0 Å². The third-order valence-corrected chi connectivity index (χ3v) is 6.61. The number of nitrogens with one attached hydrogen (secondary N) is 1. The Hall–Kier alpha value is -2.98. The van der Waals surface area contributed by atoms with Crippen LogP contribution in [0.2, 0.25) is 0 Å². The number of nitrogens with two attached hydrogens (primary N) is 1. The number of amides is 1. The van der Waals surface area contributed by atoms with Gasteiger partial charge in [0.05, 0.1) is 9.82 Å². The Labute approximate surface area is 167 Å². The van der Waals surface area contributed by atoms with E-state index in [0.717, 1.165) is 18.9 Å². The Morgan fingerprint density at radius 3 is 2.59 bits per heavy atom. The molecule has 1 aliphatic heterocycles. The molecule has 2 aromatic rings. The molecule has 1 fully saturated rings. The zero-order valence-corrected chi connectivity index (χ0v) is 16.4. The summed E-state index contributed by atoms with van der Waals surface area (Å²) in [7, 11) is -4.22. The molecule has 1 heterocycles. The number of nitro groups is 1. The molecular formula is C19H21N3O6S. The van der Waals surface area contributed by atoms with Crippen LogP contribution in [0, 0.1) is 16.0 Å². The molecule has 0 aliphatic carbocycles. The van der Waals surface area contributed by atoms with Gasteiger partial charge in [0, 0.05) is 37.1 Å². The fraction of sp³-hybridized carbons (Fsp3) is 0.316. The summed E-state index contributed by atoms with van der Waals surface area (Å²) in [5.41, 5.74) is 5.13. The molecule has 1 saturated heterocycles. The van der Waals surface area contributed by atoms with Gasteiger partial charge in [0.1, 0.15) is 4.90 Å². The second-order valence-electron chi connectivity index (χ2n) is 6.77. The van der Waals surface area contributed by atoms with Gasteiger partial charge in [0.2, 0.25) is 15.7 Å². The van der Waals surface area contributed by atoms with Gasteiger partial charge in [0.25, 0.3) is 5.69 Å². The number of ether oxygens (including phenoxy) is 1. The number of primary amides is 1. The molecule has 0 saturated carbocycles. The lowest BCUT2D eigenvalue weighted by Crippen LogP contribution is -2.22. The molecular weight excluding hydrogens is 398 g/mol. The van der Waals surface area contributed by atoms with Crippen molar-refractivity contribution in [3.8, 4) is 0 Å². The van der Waals surface area contributed by atoms with Crippen LogP contribution in [0.3, 0.4) is 0 Å². The van der Waals surface area contributed by atoms with E-state index in [2.05, 4.69) is 5.32 Å². The van der Waals surface area contributed by atoms with Crippen LogP contribution >= 0.6 is 0 Å². The zero-order chi connectivity index (χ0) is 21.0. The highest BCUT2D eigenvalue weighted by Gasteiger charge is 2.28. The van der Waals surface area contributed by atoms with E-state index < -0.39 is 31.3 Å². The third kappa shape index (κ3) is 4.72. The van der Waals surface area contributed by atoms with Gasteiger partial charge in [-0.05, 0) is 49.1 Å². The average Bonchev–Trinajstić information content (AvgIpc) is 2.72. The number of nitro benzene ring substituents is 1. The van der Waals surface area contributed by atoms with E-state index in [1.165, 1.54) is 36.4 Å². The molecule has 1 amide bonds. The Bertz CT molecular complexity index is 1030. The van der Waals surface area contributed by atoms with Crippen molar-refractivity contribution in [3.63, 3.8) is 0 Å². The number of hydrogen-bond acceptors (Lipinski definition) is 7. The van der Waals surface area contributed by atoms with Crippen LogP contribution in [0.5, 0.6) is 0 Å². The first-order valence-corrected chi connectivity index (χ1v) is 10.5. The van der Waals surface area contributed by atoms with Crippen molar-refractivity contribution in [2.24, 2.45) is 11.7 Å². The fourth-order valence-electron chi connectivity index (χ4n) is 3.15. The van der Waals surface area contributed by atoms with Crippen molar-refractivity contribution >= 4 is 27.1 Å². The molecule has 3 N–H and O–H groups in total. The minimum Gasteiger partial charge on any atom is -0.385 e. The van der Waals surface area contributed by atoms with Gasteiger partial charge >= 0.3 is 0 Å². The Morgan fingerprint density at radius 1 is 1.21 bits per heavy atom. The van der Waals surface area contributed by atoms with E-state index in [-0.39, 0.29) is 10.5 Å².